The van der Waals surface area contributed by atoms with Crippen LogP contribution in [0, 0.1) is 0 Å². The highest BCUT2D eigenvalue weighted by molar-refractivity contribution is 7.10. The number of carbonyl (C=O) groups excluding carboxylic acids is 2. The molecule has 1 saturated heterocycles. The molecule has 1 N–H and O–H groups in total. The zero-order chi connectivity index (χ0) is 27.2. The smallest absolute Gasteiger partial charge is 0.254 e. The van der Waals surface area contributed by atoms with E-state index >= 15 is 0 Å². The number of nitrogens with one attached hydrogen (secondary N) is 1. The minimum atomic E-state index is -0.485. The number of amides is 2. The summed E-state index contributed by atoms with van der Waals surface area (Å²) in [4.78, 5) is 34.9. The highest BCUT2D eigenvalue weighted by Crippen LogP contribution is 2.44. The van der Waals surface area contributed by atoms with Gasteiger partial charge in [-0.3, -0.25) is 14.5 Å². The standard InChI is InChI=1S/C30H36N4O4S/c1-37-20-19-34-28(26-8-5-21-39-26)27(24-6-3-4-7-25(24)30(34)36)29(35)31-13-14-32-15-17-33(18-16-32)22-9-11-23(38-2)12-10-22/h3-12,21,27-28H,13-20H2,1-2H3,(H,31,35)/t27-,28+/m0/s1. The summed E-state index contributed by atoms with van der Waals surface area (Å²) >= 11 is 1.58. The minimum absolute atomic E-state index is 0.0485. The molecule has 1 fully saturated rings. The van der Waals surface area contributed by atoms with E-state index in [0.29, 0.717) is 25.3 Å². The van der Waals surface area contributed by atoms with Crippen molar-refractivity contribution in [3.05, 3.63) is 82.0 Å². The molecule has 39 heavy (non-hydrogen) atoms. The van der Waals surface area contributed by atoms with Gasteiger partial charge in [-0.15, -0.1) is 11.3 Å². The van der Waals surface area contributed by atoms with Crippen molar-refractivity contribution in [1.82, 2.24) is 15.1 Å². The van der Waals surface area contributed by atoms with Gasteiger partial charge in [-0.1, -0.05) is 24.3 Å². The van der Waals surface area contributed by atoms with Gasteiger partial charge in [0.15, 0.2) is 0 Å². The fourth-order valence-corrected chi connectivity index (χ4v) is 6.43. The van der Waals surface area contributed by atoms with E-state index in [1.54, 1.807) is 30.5 Å². The van der Waals surface area contributed by atoms with E-state index in [2.05, 4.69) is 27.2 Å². The molecule has 3 aromatic rings. The van der Waals surface area contributed by atoms with Crippen molar-refractivity contribution >= 4 is 28.8 Å². The molecule has 8 nitrogen and oxygen atoms in total. The van der Waals surface area contributed by atoms with Crippen LogP contribution in [0.15, 0.2) is 66.0 Å². The molecular formula is C30H36N4O4S. The number of hydrogen-bond acceptors (Lipinski definition) is 7. The van der Waals surface area contributed by atoms with Crippen molar-refractivity contribution in [2.45, 2.75) is 12.0 Å². The summed E-state index contributed by atoms with van der Waals surface area (Å²) in [5.74, 6) is 0.273. The monoisotopic (exact) mass is 548 g/mol. The molecule has 2 atom stereocenters. The van der Waals surface area contributed by atoms with Gasteiger partial charge < -0.3 is 24.6 Å². The number of rotatable bonds is 10. The lowest BCUT2D eigenvalue weighted by molar-refractivity contribution is -0.124. The van der Waals surface area contributed by atoms with E-state index in [9.17, 15) is 9.59 Å². The lowest BCUT2D eigenvalue weighted by atomic mass is 9.81. The van der Waals surface area contributed by atoms with Gasteiger partial charge >= 0.3 is 0 Å². The summed E-state index contributed by atoms with van der Waals surface area (Å²) in [6.45, 7) is 5.92. The first-order valence-electron chi connectivity index (χ1n) is 13.4. The van der Waals surface area contributed by atoms with E-state index in [1.165, 1.54) is 5.69 Å². The number of carbonyl (C=O) groups is 2. The summed E-state index contributed by atoms with van der Waals surface area (Å²) < 4.78 is 10.6. The van der Waals surface area contributed by atoms with Crippen LogP contribution in [0.2, 0.25) is 0 Å². The van der Waals surface area contributed by atoms with E-state index in [0.717, 1.165) is 48.9 Å². The normalized spacial score (nSPS) is 19.6. The molecule has 1 aromatic heterocycles. The van der Waals surface area contributed by atoms with Gasteiger partial charge in [0.05, 0.1) is 25.7 Å². The van der Waals surface area contributed by atoms with Gasteiger partial charge in [-0.2, -0.15) is 0 Å². The Morgan fingerprint density at radius 1 is 0.974 bits per heavy atom. The largest absolute Gasteiger partial charge is 0.497 e. The first kappa shape index (κ1) is 27.2. The second kappa shape index (κ2) is 12.6. The Kier molecular flexibility index (Phi) is 8.81. The maximum atomic E-state index is 13.8. The zero-order valence-electron chi connectivity index (χ0n) is 22.5. The number of thiophene rings is 1. The molecule has 2 aliphatic rings. The first-order valence-corrected chi connectivity index (χ1v) is 14.3. The van der Waals surface area contributed by atoms with E-state index in [4.69, 9.17) is 9.47 Å². The Labute approximate surface area is 234 Å². The van der Waals surface area contributed by atoms with Gasteiger partial charge in [0.2, 0.25) is 5.91 Å². The summed E-state index contributed by atoms with van der Waals surface area (Å²) in [7, 11) is 3.31. The molecule has 0 aliphatic carbocycles. The molecule has 0 bridgehead atoms. The minimum Gasteiger partial charge on any atom is -0.497 e. The number of piperazine rings is 1. The van der Waals surface area contributed by atoms with Gasteiger partial charge in [0, 0.05) is 69.1 Å². The predicted molar refractivity (Wildman–Crippen MR) is 154 cm³/mol. The number of hydrogen-bond donors (Lipinski definition) is 1. The van der Waals surface area contributed by atoms with Crippen LogP contribution in [-0.4, -0.2) is 88.3 Å². The van der Waals surface area contributed by atoms with Crippen molar-refractivity contribution in [1.29, 1.82) is 0 Å². The van der Waals surface area contributed by atoms with Crippen LogP contribution in [0.25, 0.3) is 0 Å². The average Bonchev–Trinajstić information content (AvgIpc) is 3.52. The Hall–Kier alpha value is -3.40. The third-order valence-electron chi connectivity index (χ3n) is 7.63. The van der Waals surface area contributed by atoms with Gasteiger partial charge in [0.1, 0.15) is 5.75 Å². The first-order chi connectivity index (χ1) is 19.1. The van der Waals surface area contributed by atoms with Crippen molar-refractivity contribution < 1.29 is 19.1 Å². The molecule has 2 aliphatic heterocycles. The van der Waals surface area contributed by atoms with Gasteiger partial charge in [0.25, 0.3) is 5.91 Å². The Morgan fingerprint density at radius 3 is 2.44 bits per heavy atom. The maximum Gasteiger partial charge on any atom is 0.254 e. The number of benzene rings is 2. The Balaban J connectivity index is 1.24. The van der Waals surface area contributed by atoms with Crippen molar-refractivity contribution in [2.75, 3.05) is 71.5 Å². The van der Waals surface area contributed by atoms with Crippen LogP contribution < -0.4 is 15.0 Å². The van der Waals surface area contributed by atoms with E-state index < -0.39 is 5.92 Å². The summed E-state index contributed by atoms with van der Waals surface area (Å²) in [5.41, 5.74) is 2.59. The highest BCUT2D eigenvalue weighted by Gasteiger charge is 2.44. The third kappa shape index (κ3) is 5.95. The molecule has 0 spiro atoms. The number of methoxy groups -OCH3 is 2. The second-order valence-corrected chi connectivity index (χ2v) is 10.8. The maximum absolute atomic E-state index is 13.8. The molecule has 2 amide bonds. The van der Waals surface area contributed by atoms with Gasteiger partial charge in [-0.25, -0.2) is 0 Å². The molecule has 3 heterocycles. The Morgan fingerprint density at radius 2 is 1.74 bits per heavy atom. The highest BCUT2D eigenvalue weighted by atomic mass is 32.1. The zero-order valence-corrected chi connectivity index (χ0v) is 23.4. The summed E-state index contributed by atoms with van der Waals surface area (Å²) in [6.07, 6.45) is 0. The molecule has 5 rings (SSSR count). The molecule has 0 radical (unpaired) electrons. The molecule has 9 heteroatoms. The third-order valence-corrected chi connectivity index (χ3v) is 8.57. The SMILES string of the molecule is COCCN1C(=O)c2ccccc2[C@H](C(=O)NCCN2CCN(c3ccc(OC)cc3)CC2)[C@H]1c1cccs1. The van der Waals surface area contributed by atoms with Crippen LogP contribution in [0.5, 0.6) is 5.75 Å². The molecule has 0 saturated carbocycles. The molecule has 0 unspecified atom stereocenters. The average molecular weight is 549 g/mol. The number of nitrogens with zero attached hydrogens (tertiary/aromatic N) is 3. The van der Waals surface area contributed by atoms with Crippen LogP contribution in [0.4, 0.5) is 5.69 Å². The quantitative estimate of drug-likeness (QED) is 0.417. The fraction of sp³-hybridized carbons (Fsp3) is 0.400. The van der Waals surface area contributed by atoms with Crippen molar-refractivity contribution in [3.63, 3.8) is 0 Å². The summed E-state index contributed by atoms with van der Waals surface area (Å²) in [6, 6.07) is 19.3. The predicted octanol–water partition coefficient (Wildman–Crippen LogP) is 3.62. The number of ether oxygens (including phenoxy) is 2. The molecule has 2 aromatic carbocycles. The number of fused-ring (bicyclic) bond motifs is 1. The van der Waals surface area contributed by atoms with Crippen LogP contribution in [0.3, 0.4) is 0 Å². The molecular weight excluding hydrogens is 512 g/mol. The van der Waals surface area contributed by atoms with E-state index in [1.807, 2.05) is 53.9 Å². The topological polar surface area (TPSA) is 74.4 Å². The number of anilines is 1. The lowest BCUT2D eigenvalue weighted by Crippen LogP contribution is -2.50. The molecule has 206 valence electrons. The van der Waals surface area contributed by atoms with Crippen LogP contribution >= 0.6 is 11.3 Å². The Bertz CT molecular complexity index is 1240. The van der Waals surface area contributed by atoms with Crippen molar-refractivity contribution in [3.8, 4) is 5.75 Å². The fourth-order valence-electron chi connectivity index (χ4n) is 5.56. The van der Waals surface area contributed by atoms with Crippen LogP contribution in [0.1, 0.15) is 32.8 Å². The lowest BCUT2D eigenvalue weighted by Gasteiger charge is -2.41. The van der Waals surface area contributed by atoms with Crippen LogP contribution in [-0.2, 0) is 9.53 Å². The van der Waals surface area contributed by atoms with Gasteiger partial charge in [-0.05, 0) is 47.3 Å². The van der Waals surface area contributed by atoms with Crippen molar-refractivity contribution in [2.24, 2.45) is 0 Å². The van der Waals surface area contributed by atoms with E-state index in [-0.39, 0.29) is 17.9 Å². The summed E-state index contributed by atoms with van der Waals surface area (Å²) in [5, 5.41) is 5.20. The second-order valence-electron chi connectivity index (χ2n) is 9.83.